The summed E-state index contributed by atoms with van der Waals surface area (Å²) in [6.07, 6.45) is 0. The first-order valence-corrected chi connectivity index (χ1v) is 9.70. The second-order valence-corrected chi connectivity index (χ2v) is 7.45. The minimum atomic E-state index is -0.309. The fraction of sp³-hybridized carbons (Fsp3) is 0. The highest BCUT2D eigenvalue weighted by molar-refractivity contribution is 9.10. The molecule has 1 amide bonds. The Labute approximate surface area is 168 Å². The van der Waals surface area contributed by atoms with Gasteiger partial charge in [-0.2, -0.15) is 10.1 Å². The van der Waals surface area contributed by atoms with Crippen molar-refractivity contribution in [3.05, 3.63) is 76.7 Å². The molecule has 134 valence electrons. The van der Waals surface area contributed by atoms with Crippen LogP contribution in [0.3, 0.4) is 0 Å². The van der Waals surface area contributed by atoms with E-state index < -0.39 is 0 Å². The fourth-order valence-corrected chi connectivity index (χ4v) is 3.70. The highest BCUT2D eigenvalue weighted by Crippen LogP contribution is 2.28. The van der Waals surface area contributed by atoms with Crippen LogP contribution >= 0.6 is 27.3 Å². The smallest absolute Gasteiger partial charge is 0.287 e. The lowest BCUT2D eigenvalue weighted by atomic mass is 10.2. The Morgan fingerprint density at radius 2 is 2.00 bits per heavy atom. The number of carbonyl (C=O) groups is 1. The van der Waals surface area contributed by atoms with Gasteiger partial charge < -0.3 is 0 Å². The molecule has 3 aromatic rings. The molecule has 0 atom stereocenters. The molecule has 0 radical (unpaired) electrons. The summed E-state index contributed by atoms with van der Waals surface area (Å²) in [6, 6.07) is 17.3. The zero-order valence-electron chi connectivity index (χ0n) is 14.0. The number of amides is 1. The molecule has 1 saturated heterocycles. The molecule has 0 bridgehead atoms. The second kappa shape index (κ2) is 7.34. The summed E-state index contributed by atoms with van der Waals surface area (Å²) < 4.78 is 0.917. The van der Waals surface area contributed by atoms with Gasteiger partial charge in [0, 0.05) is 15.4 Å². The van der Waals surface area contributed by atoms with Crippen LogP contribution in [0.1, 0.15) is 0 Å². The number of halogens is 1. The van der Waals surface area contributed by atoms with Gasteiger partial charge in [0.05, 0.1) is 17.1 Å². The van der Waals surface area contributed by atoms with Crippen molar-refractivity contribution in [3.8, 4) is 11.3 Å². The first kappa shape index (κ1) is 17.4. The predicted octanol–water partition coefficient (Wildman–Crippen LogP) is 4.41. The van der Waals surface area contributed by atoms with Gasteiger partial charge in [0.25, 0.3) is 0 Å². The average Bonchev–Trinajstić information content (AvgIpc) is 3.26. The van der Waals surface area contributed by atoms with E-state index in [-0.39, 0.29) is 11.6 Å². The van der Waals surface area contributed by atoms with Crippen LogP contribution in [-0.2, 0) is 4.79 Å². The van der Waals surface area contributed by atoms with E-state index in [0.717, 1.165) is 21.4 Å². The van der Waals surface area contributed by atoms with E-state index in [1.807, 2.05) is 60.0 Å². The van der Waals surface area contributed by atoms with Crippen LogP contribution in [0, 0.1) is 0 Å². The Hall–Kier alpha value is -2.97. The third-order valence-electron chi connectivity index (χ3n) is 3.81. The summed E-state index contributed by atoms with van der Waals surface area (Å²) in [7, 11) is 0. The van der Waals surface area contributed by atoms with E-state index in [1.165, 1.54) is 16.3 Å². The molecule has 0 spiro atoms. The maximum atomic E-state index is 12.7. The topological polar surface area (TPSA) is 69.6 Å². The first-order valence-electron chi connectivity index (χ1n) is 8.02. The molecule has 1 aromatic heterocycles. The zero-order chi connectivity index (χ0) is 18.8. The van der Waals surface area contributed by atoms with Gasteiger partial charge in [0.1, 0.15) is 0 Å². The Kier molecular flexibility index (Phi) is 4.74. The molecule has 27 heavy (non-hydrogen) atoms. The maximum absolute atomic E-state index is 12.7. The summed E-state index contributed by atoms with van der Waals surface area (Å²) in [5.74, 6) is -0.309. The minimum Gasteiger partial charge on any atom is -0.287 e. The molecule has 2 aromatic carbocycles. The predicted molar refractivity (Wildman–Crippen MR) is 113 cm³/mol. The number of hydrazine groups is 1. The molecule has 2 heterocycles. The number of hydrogen-bond acceptors (Lipinski definition) is 6. The molecular weight excluding hydrogens is 426 g/mol. The molecule has 2 N–H and O–H groups in total. The lowest BCUT2D eigenvalue weighted by Gasteiger charge is -2.10. The van der Waals surface area contributed by atoms with Crippen molar-refractivity contribution in [3.63, 3.8) is 0 Å². The van der Waals surface area contributed by atoms with Crippen LogP contribution in [-0.4, -0.2) is 16.6 Å². The van der Waals surface area contributed by atoms with E-state index in [1.54, 1.807) is 0 Å². The Morgan fingerprint density at radius 3 is 2.78 bits per heavy atom. The van der Waals surface area contributed by atoms with E-state index in [9.17, 15) is 4.79 Å². The zero-order valence-corrected chi connectivity index (χ0v) is 16.4. The largest absolute Gasteiger partial charge is 0.301 e. The highest BCUT2D eigenvalue weighted by Gasteiger charge is 2.34. The third-order valence-corrected chi connectivity index (χ3v) is 5.13. The molecule has 1 aliphatic rings. The fourth-order valence-electron chi connectivity index (χ4n) is 2.51. The number of thiazole rings is 1. The highest BCUT2D eigenvalue weighted by atomic mass is 79.9. The number of nitrogens with zero attached hydrogens (tertiary/aromatic N) is 3. The average molecular weight is 440 g/mol. The third kappa shape index (κ3) is 3.62. The summed E-state index contributed by atoms with van der Waals surface area (Å²) in [4.78, 5) is 17.3. The van der Waals surface area contributed by atoms with Crippen LogP contribution in [0.25, 0.3) is 11.3 Å². The molecule has 0 unspecified atom stereocenters. The number of anilines is 2. The van der Waals surface area contributed by atoms with Gasteiger partial charge in [-0.25, -0.2) is 4.98 Å². The lowest BCUT2D eigenvalue weighted by molar-refractivity contribution is -0.112. The van der Waals surface area contributed by atoms with Gasteiger partial charge in [0.2, 0.25) is 5.13 Å². The lowest BCUT2D eigenvalue weighted by Crippen LogP contribution is -2.34. The van der Waals surface area contributed by atoms with Crippen LogP contribution in [0.15, 0.2) is 81.8 Å². The number of carbonyl (C=O) groups excluding carboxylic acids is 1. The molecule has 6 nitrogen and oxygen atoms in total. The number of aromatic nitrogens is 1. The number of rotatable bonds is 4. The number of nitrogens with one attached hydrogen (secondary N) is 2. The number of hydrazone groups is 1. The molecule has 1 fully saturated rings. The van der Waals surface area contributed by atoms with E-state index in [0.29, 0.717) is 10.8 Å². The van der Waals surface area contributed by atoms with Crippen molar-refractivity contribution < 1.29 is 4.79 Å². The summed E-state index contributed by atoms with van der Waals surface area (Å²) in [6.45, 7) is 3.88. The summed E-state index contributed by atoms with van der Waals surface area (Å²) >= 11 is 4.78. The number of benzene rings is 2. The van der Waals surface area contributed by atoms with Crippen LogP contribution < -0.4 is 15.9 Å². The molecule has 8 heteroatoms. The number of hydrogen-bond donors (Lipinski definition) is 2. The standard InChI is InChI=1S/C19H14BrN5OS/c1-12-17(23-22-15-9-5-8-14(20)10-15)18(26)25(24-12)19-21-16(11-27-19)13-6-3-2-4-7-13/h2-11,22,24H,1H2/b23-17-. The van der Waals surface area contributed by atoms with E-state index in [2.05, 4.69) is 43.4 Å². The quantitative estimate of drug-likeness (QED) is 0.590. The second-order valence-electron chi connectivity index (χ2n) is 5.69. The Bertz CT molecular complexity index is 1050. The van der Waals surface area contributed by atoms with Gasteiger partial charge in [-0.1, -0.05) is 58.9 Å². The van der Waals surface area contributed by atoms with Crippen molar-refractivity contribution in [2.45, 2.75) is 0 Å². The molecule has 4 rings (SSSR count). The van der Waals surface area contributed by atoms with Gasteiger partial charge in [-0.3, -0.25) is 15.6 Å². The van der Waals surface area contributed by atoms with Crippen molar-refractivity contribution in [2.24, 2.45) is 5.10 Å². The van der Waals surface area contributed by atoms with Gasteiger partial charge in [-0.15, -0.1) is 11.3 Å². The molecular formula is C19H14BrN5OS. The van der Waals surface area contributed by atoms with Gasteiger partial charge in [0.15, 0.2) is 5.71 Å². The summed E-state index contributed by atoms with van der Waals surface area (Å²) in [5.41, 5.74) is 9.02. The van der Waals surface area contributed by atoms with Crippen LogP contribution in [0.5, 0.6) is 0 Å². The van der Waals surface area contributed by atoms with Crippen molar-refractivity contribution >= 4 is 49.7 Å². The summed E-state index contributed by atoms with van der Waals surface area (Å²) in [5, 5.41) is 8.02. The van der Waals surface area contributed by atoms with Crippen LogP contribution in [0.2, 0.25) is 0 Å². The monoisotopic (exact) mass is 439 g/mol. The van der Waals surface area contributed by atoms with Crippen molar-refractivity contribution in [2.75, 3.05) is 10.4 Å². The maximum Gasteiger partial charge on any atom is 0.301 e. The minimum absolute atomic E-state index is 0.214. The Balaban J connectivity index is 1.54. The first-order chi connectivity index (χ1) is 13.1. The van der Waals surface area contributed by atoms with E-state index in [4.69, 9.17) is 0 Å². The van der Waals surface area contributed by atoms with Gasteiger partial charge >= 0.3 is 5.91 Å². The SMILES string of the molecule is C=C1NN(c2nc(-c3ccccc3)cs2)C(=O)/C1=N\Nc1cccc(Br)c1. The molecule has 1 aliphatic heterocycles. The normalized spacial score (nSPS) is 15.3. The van der Waals surface area contributed by atoms with Crippen LogP contribution in [0.4, 0.5) is 10.8 Å². The van der Waals surface area contributed by atoms with Gasteiger partial charge in [-0.05, 0) is 18.2 Å². The van der Waals surface area contributed by atoms with Crippen molar-refractivity contribution in [1.82, 2.24) is 10.4 Å². The molecule has 0 aliphatic carbocycles. The van der Waals surface area contributed by atoms with Crippen molar-refractivity contribution in [1.29, 1.82) is 0 Å². The molecule has 0 saturated carbocycles. The van der Waals surface area contributed by atoms with E-state index >= 15 is 0 Å². The Morgan fingerprint density at radius 1 is 1.19 bits per heavy atom.